The Bertz CT molecular complexity index is 402. The van der Waals surface area contributed by atoms with Crippen LogP contribution in [0.2, 0.25) is 0 Å². The van der Waals surface area contributed by atoms with Crippen LogP contribution in [-0.4, -0.2) is 55.0 Å². The highest BCUT2D eigenvalue weighted by molar-refractivity contribution is 7.18. The second-order valence-electron chi connectivity index (χ2n) is 9.18. The number of nitrogens with one attached hydrogen (secondary N) is 2. The topological polar surface area (TPSA) is 76.7 Å². The molecule has 0 rings (SSSR count). The Hall–Kier alpha value is -0.710. The molecule has 0 aromatic heterocycles. The van der Waals surface area contributed by atoms with E-state index in [9.17, 15) is 9.59 Å². The zero-order valence-corrected chi connectivity index (χ0v) is 22.1. The Morgan fingerprint density at radius 2 is 1.62 bits per heavy atom. The molecule has 0 fully saturated rings. The van der Waals surface area contributed by atoms with Gasteiger partial charge < -0.3 is 20.1 Å². The molecule has 0 radical (unpaired) electrons. The molecule has 0 bridgehead atoms. The van der Waals surface area contributed by atoms with Gasteiger partial charge in [0.2, 0.25) is 12.3 Å². The van der Waals surface area contributed by atoms with Crippen LogP contribution < -0.4 is 10.6 Å². The van der Waals surface area contributed by atoms with Crippen LogP contribution in [0.3, 0.4) is 0 Å². The molecule has 0 aliphatic carbocycles. The molecular weight excluding hydrogens is 387 g/mol. The molecule has 0 aromatic rings. The molecule has 2 atom stereocenters. The van der Waals surface area contributed by atoms with Gasteiger partial charge in [-0.15, -0.1) is 9.24 Å². The third-order valence-electron chi connectivity index (χ3n) is 3.51. The van der Waals surface area contributed by atoms with Crippen LogP contribution in [0.25, 0.3) is 0 Å². The van der Waals surface area contributed by atoms with Crippen molar-refractivity contribution in [3.63, 3.8) is 0 Å². The Balaban J connectivity index is -0.000000479. The van der Waals surface area contributed by atoms with E-state index in [0.29, 0.717) is 25.9 Å². The monoisotopic (exact) mass is 436 g/mol. The van der Waals surface area contributed by atoms with Gasteiger partial charge in [-0.2, -0.15) is 0 Å². The van der Waals surface area contributed by atoms with Crippen molar-refractivity contribution >= 4 is 21.6 Å². The number of carbonyl (C=O) groups excluding carboxylic acids is 2. The smallest absolute Gasteiger partial charge is 0.219 e. The van der Waals surface area contributed by atoms with Crippen molar-refractivity contribution in [2.24, 2.45) is 0 Å². The summed E-state index contributed by atoms with van der Waals surface area (Å²) in [7, 11) is 4.40. The lowest BCUT2D eigenvalue weighted by Gasteiger charge is -2.26. The predicted octanol–water partition coefficient (Wildman–Crippen LogP) is 4.31. The summed E-state index contributed by atoms with van der Waals surface area (Å²) in [5.74, 6) is 0.0309. The molecule has 0 heterocycles. The van der Waals surface area contributed by atoms with Gasteiger partial charge in [0.25, 0.3) is 0 Å². The van der Waals surface area contributed by atoms with E-state index in [2.05, 4.69) is 54.5 Å². The largest absolute Gasteiger partial charge is 0.378 e. The average Bonchev–Trinajstić information content (AvgIpc) is 2.59. The van der Waals surface area contributed by atoms with E-state index in [1.165, 1.54) is 0 Å². The molecule has 7 heteroatoms. The highest BCUT2D eigenvalue weighted by Gasteiger charge is 2.17. The quantitative estimate of drug-likeness (QED) is 0.374. The summed E-state index contributed by atoms with van der Waals surface area (Å²) in [6.07, 6.45) is 2.69. The number of ether oxygens (including phenoxy) is 2. The summed E-state index contributed by atoms with van der Waals surface area (Å²) >= 11 is 0. The Morgan fingerprint density at radius 1 is 1.10 bits per heavy atom. The highest BCUT2D eigenvalue weighted by Crippen LogP contribution is 2.19. The van der Waals surface area contributed by atoms with Gasteiger partial charge in [-0.3, -0.25) is 9.59 Å². The second-order valence-corrected chi connectivity index (χ2v) is 10.7. The first kappa shape index (κ1) is 32.9. The Labute approximate surface area is 182 Å². The summed E-state index contributed by atoms with van der Waals surface area (Å²) in [5, 5.41) is 5.51. The fourth-order valence-corrected chi connectivity index (χ4v) is 1.78. The van der Waals surface area contributed by atoms with Gasteiger partial charge in [0.05, 0.1) is 18.3 Å². The van der Waals surface area contributed by atoms with E-state index in [1.807, 2.05) is 34.6 Å². The van der Waals surface area contributed by atoms with Crippen LogP contribution in [0.5, 0.6) is 0 Å². The van der Waals surface area contributed by atoms with Crippen LogP contribution in [0.4, 0.5) is 0 Å². The van der Waals surface area contributed by atoms with Crippen molar-refractivity contribution in [3.05, 3.63) is 0 Å². The molecule has 0 aliphatic rings. The standard InChI is InChI=1S/C12H24N2O3.C8H19OP.C2H6/c1-10(5-6-11(16)13-4)17-8-7-12(2,3)14-9-15;1-7(2,3)9-6-8(4,5)10;1-2/h9-10H,5-8H2,1-4H3,(H,13,16)(H,14,15);6,10H2,1-5H3;1-2H3. The summed E-state index contributed by atoms with van der Waals surface area (Å²) in [6.45, 7) is 21.7. The maximum atomic E-state index is 11.0. The van der Waals surface area contributed by atoms with Crippen LogP contribution in [-0.2, 0) is 19.1 Å². The maximum absolute atomic E-state index is 11.0. The number of carbonyl (C=O) groups is 2. The fourth-order valence-electron chi connectivity index (χ4n) is 1.69. The summed E-state index contributed by atoms with van der Waals surface area (Å²) in [5.41, 5.74) is -0.254. The minimum absolute atomic E-state index is 0.00611. The maximum Gasteiger partial charge on any atom is 0.219 e. The molecule has 0 spiro atoms. The zero-order chi connectivity index (χ0) is 23.7. The molecular formula is C22H49N2O4P. The molecule has 0 saturated carbocycles. The van der Waals surface area contributed by atoms with Crippen molar-refractivity contribution in [2.45, 2.75) is 111 Å². The van der Waals surface area contributed by atoms with Crippen LogP contribution in [0, 0.1) is 0 Å². The second kappa shape index (κ2) is 17.0. The van der Waals surface area contributed by atoms with Gasteiger partial charge in [0.1, 0.15) is 0 Å². The van der Waals surface area contributed by atoms with E-state index in [0.717, 1.165) is 13.0 Å². The molecule has 0 aromatic carbocycles. The van der Waals surface area contributed by atoms with Crippen molar-refractivity contribution in [3.8, 4) is 0 Å². The molecule has 2 unspecified atom stereocenters. The molecule has 176 valence electrons. The number of rotatable bonds is 11. The minimum Gasteiger partial charge on any atom is -0.378 e. The molecule has 29 heavy (non-hydrogen) atoms. The highest BCUT2D eigenvalue weighted by atomic mass is 31.0. The molecule has 0 aliphatic heterocycles. The van der Waals surface area contributed by atoms with E-state index >= 15 is 0 Å². The van der Waals surface area contributed by atoms with Crippen LogP contribution in [0.1, 0.15) is 88.5 Å². The van der Waals surface area contributed by atoms with Crippen LogP contribution in [0.15, 0.2) is 0 Å². The average molecular weight is 437 g/mol. The van der Waals surface area contributed by atoms with Gasteiger partial charge in [-0.1, -0.05) is 27.7 Å². The first-order valence-electron chi connectivity index (χ1n) is 10.6. The molecule has 2 amide bonds. The number of amides is 2. The van der Waals surface area contributed by atoms with Crippen molar-refractivity contribution in [1.82, 2.24) is 10.6 Å². The van der Waals surface area contributed by atoms with Gasteiger partial charge in [-0.25, -0.2) is 0 Å². The third kappa shape index (κ3) is 29.6. The minimum atomic E-state index is -0.248. The first-order valence-corrected chi connectivity index (χ1v) is 11.2. The van der Waals surface area contributed by atoms with E-state index in [-0.39, 0.29) is 28.3 Å². The number of hydrogen-bond acceptors (Lipinski definition) is 4. The lowest BCUT2D eigenvalue weighted by atomic mass is 10.0. The lowest BCUT2D eigenvalue weighted by molar-refractivity contribution is -0.121. The number of hydrogen-bond donors (Lipinski definition) is 2. The Kier molecular flexibility index (Phi) is 19.3. The lowest BCUT2D eigenvalue weighted by Crippen LogP contribution is -2.39. The predicted molar refractivity (Wildman–Crippen MR) is 127 cm³/mol. The van der Waals surface area contributed by atoms with Crippen LogP contribution >= 0.6 is 9.24 Å². The van der Waals surface area contributed by atoms with Crippen molar-refractivity contribution in [1.29, 1.82) is 0 Å². The van der Waals surface area contributed by atoms with Gasteiger partial charge in [0.15, 0.2) is 0 Å². The normalized spacial score (nSPS) is 12.6. The van der Waals surface area contributed by atoms with Crippen molar-refractivity contribution in [2.75, 3.05) is 20.3 Å². The molecule has 0 saturated heterocycles. The Morgan fingerprint density at radius 3 is 1.97 bits per heavy atom. The molecule has 6 nitrogen and oxygen atoms in total. The summed E-state index contributed by atoms with van der Waals surface area (Å²) in [6, 6.07) is 0. The zero-order valence-electron chi connectivity index (χ0n) is 20.9. The van der Waals surface area contributed by atoms with E-state index in [4.69, 9.17) is 9.47 Å². The summed E-state index contributed by atoms with van der Waals surface area (Å²) < 4.78 is 11.2. The van der Waals surface area contributed by atoms with Gasteiger partial charge >= 0.3 is 0 Å². The fraction of sp³-hybridized carbons (Fsp3) is 0.909. The van der Waals surface area contributed by atoms with E-state index in [1.54, 1.807) is 7.05 Å². The van der Waals surface area contributed by atoms with Gasteiger partial charge in [0, 0.05) is 30.8 Å². The van der Waals surface area contributed by atoms with Gasteiger partial charge in [-0.05, 0) is 54.4 Å². The first-order chi connectivity index (χ1) is 13.1. The molecule has 2 N–H and O–H groups in total. The third-order valence-corrected chi connectivity index (χ3v) is 3.68. The van der Waals surface area contributed by atoms with E-state index < -0.39 is 0 Å². The SMILES string of the molecule is CC.CC(C)(P)COC(C)(C)C.CNC(=O)CCC(C)OCCC(C)(C)NC=O. The van der Waals surface area contributed by atoms with Crippen molar-refractivity contribution < 1.29 is 19.1 Å². The summed E-state index contributed by atoms with van der Waals surface area (Å²) in [4.78, 5) is 21.4.